The first-order valence-electron chi connectivity index (χ1n) is 7.56. The van der Waals surface area contributed by atoms with Crippen molar-refractivity contribution in [1.82, 2.24) is 4.98 Å². The topological polar surface area (TPSA) is 105 Å². The van der Waals surface area contributed by atoms with Gasteiger partial charge in [0.25, 0.3) is 5.91 Å². The van der Waals surface area contributed by atoms with E-state index in [1.807, 2.05) is 6.07 Å². The lowest BCUT2D eigenvalue weighted by Crippen LogP contribution is -2.22. The number of rotatable bonds is 4. The van der Waals surface area contributed by atoms with Crippen LogP contribution in [0.15, 0.2) is 16.5 Å². The molecule has 142 valence electrons. The molecule has 10 heteroatoms. The smallest absolute Gasteiger partial charge is 0.433 e. The van der Waals surface area contributed by atoms with Gasteiger partial charge in [-0.1, -0.05) is 0 Å². The van der Waals surface area contributed by atoms with E-state index >= 15 is 0 Å². The fraction of sp³-hybridized carbons (Fsp3) is 0.294. The number of esters is 1. The highest BCUT2D eigenvalue weighted by Gasteiger charge is 2.33. The summed E-state index contributed by atoms with van der Waals surface area (Å²) in [6.45, 7) is 3.77. The lowest BCUT2D eigenvalue weighted by Gasteiger charge is -2.10. The highest BCUT2D eigenvalue weighted by Crippen LogP contribution is 2.28. The first-order valence-corrected chi connectivity index (χ1v) is 7.56. The molecule has 0 saturated carbocycles. The van der Waals surface area contributed by atoms with Crippen molar-refractivity contribution in [1.29, 1.82) is 5.26 Å². The minimum Gasteiger partial charge on any atom is -0.452 e. The van der Waals surface area contributed by atoms with Crippen LogP contribution in [0.25, 0.3) is 0 Å². The average Bonchev–Trinajstić information content (AvgIpc) is 2.85. The minimum atomic E-state index is -4.63. The Balaban J connectivity index is 2.03. The van der Waals surface area contributed by atoms with Crippen molar-refractivity contribution in [3.8, 4) is 6.07 Å². The number of nitrogens with one attached hydrogen (secondary N) is 1. The molecular weight excluding hydrogens is 367 g/mol. The molecule has 1 N–H and O–H groups in total. The largest absolute Gasteiger partial charge is 0.452 e. The van der Waals surface area contributed by atoms with E-state index in [1.165, 1.54) is 6.92 Å². The van der Waals surface area contributed by atoms with Gasteiger partial charge in [-0.05, 0) is 32.9 Å². The Labute approximate surface area is 151 Å². The lowest BCUT2D eigenvalue weighted by molar-refractivity contribution is -0.141. The number of ether oxygens (including phenoxy) is 1. The van der Waals surface area contributed by atoms with Crippen LogP contribution in [-0.2, 0) is 15.7 Å². The molecule has 0 bridgehead atoms. The van der Waals surface area contributed by atoms with Crippen molar-refractivity contribution in [3.63, 3.8) is 0 Å². The van der Waals surface area contributed by atoms with Gasteiger partial charge in [0.2, 0.25) is 5.88 Å². The third-order valence-electron chi connectivity index (χ3n) is 3.68. The van der Waals surface area contributed by atoms with Crippen LogP contribution < -0.4 is 5.32 Å². The van der Waals surface area contributed by atoms with Crippen LogP contribution in [0.2, 0.25) is 0 Å². The second-order valence-electron chi connectivity index (χ2n) is 5.55. The SMILES string of the molecule is Cc1nc(C(F)(F)F)ccc1C(=O)OCC(=O)Nc1oc(C)c(C)c1C#N. The normalized spacial score (nSPS) is 11.0. The van der Waals surface area contributed by atoms with E-state index in [0.29, 0.717) is 17.4 Å². The number of alkyl halides is 3. The second-order valence-corrected chi connectivity index (χ2v) is 5.55. The molecule has 0 saturated heterocycles. The van der Waals surface area contributed by atoms with Gasteiger partial charge >= 0.3 is 12.1 Å². The summed E-state index contributed by atoms with van der Waals surface area (Å²) in [7, 11) is 0. The molecule has 0 aliphatic heterocycles. The van der Waals surface area contributed by atoms with Gasteiger partial charge in [-0.15, -0.1) is 0 Å². The molecule has 1 amide bonds. The van der Waals surface area contributed by atoms with Gasteiger partial charge in [0, 0.05) is 5.56 Å². The number of hydrogen-bond acceptors (Lipinski definition) is 6. The number of aryl methyl sites for hydroxylation is 2. The molecule has 0 aliphatic carbocycles. The van der Waals surface area contributed by atoms with Crippen molar-refractivity contribution in [2.45, 2.75) is 26.9 Å². The first kappa shape index (κ1) is 20.0. The van der Waals surface area contributed by atoms with Crippen LogP contribution in [-0.4, -0.2) is 23.5 Å². The Morgan fingerprint density at radius 2 is 1.96 bits per heavy atom. The predicted molar refractivity (Wildman–Crippen MR) is 85.8 cm³/mol. The Bertz CT molecular complexity index is 942. The molecule has 0 spiro atoms. The van der Waals surface area contributed by atoms with Gasteiger partial charge in [0.15, 0.2) is 6.61 Å². The number of amides is 1. The molecule has 7 nitrogen and oxygen atoms in total. The maximum absolute atomic E-state index is 12.6. The zero-order valence-electron chi connectivity index (χ0n) is 14.5. The first-order chi connectivity index (χ1) is 12.5. The molecule has 0 fully saturated rings. The molecule has 2 rings (SSSR count). The molecule has 0 radical (unpaired) electrons. The number of furan rings is 1. The maximum atomic E-state index is 12.6. The van der Waals surface area contributed by atoms with Gasteiger partial charge in [0.05, 0.1) is 11.3 Å². The zero-order chi connectivity index (χ0) is 20.4. The van der Waals surface area contributed by atoms with Gasteiger partial charge in [-0.25, -0.2) is 9.78 Å². The van der Waals surface area contributed by atoms with Crippen molar-refractivity contribution < 1.29 is 31.9 Å². The maximum Gasteiger partial charge on any atom is 0.433 e. The van der Waals surface area contributed by atoms with Crippen LogP contribution in [0.4, 0.5) is 19.1 Å². The summed E-state index contributed by atoms with van der Waals surface area (Å²) >= 11 is 0. The number of aromatic nitrogens is 1. The monoisotopic (exact) mass is 381 g/mol. The molecule has 2 aromatic rings. The number of hydrogen-bond donors (Lipinski definition) is 1. The summed E-state index contributed by atoms with van der Waals surface area (Å²) in [5.41, 5.74) is -0.800. The van der Waals surface area contributed by atoms with Crippen molar-refractivity contribution in [3.05, 3.63) is 46.0 Å². The Kier molecular flexibility index (Phi) is 5.54. The number of pyridine rings is 1. The average molecular weight is 381 g/mol. The van der Waals surface area contributed by atoms with E-state index in [1.54, 1.807) is 13.8 Å². The molecule has 0 aromatic carbocycles. The quantitative estimate of drug-likeness (QED) is 0.815. The molecule has 0 aliphatic rings. The van der Waals surface area contributed by atoms with Crippen LogP contribution in [0, 0.1) is 32.1 Å². The van der Waals surface area contributed by atoms with E-state index in [-0.39, 0.29) is 22.7 Å². The molecule has 2 heterocycles. The van der Waals surface area contributed by atoms with Crippen molar-refractivity contribution in [2.24, 2.45) is 0 Å². The Morgan fingerprint density at radius 1 is 1.30 bits per heavy atom. The standard InChI is InChI=1S/C17H14F3N3O4/c1-8-10(3)27-15(12(8)6-21)23-14(24)7-26-16(25)11-4-5-13(17(18,19)20)22-9(11)2/h4-5H,7H2,1-3H3,(H,23,24). The van der Waals surface area contributed by atoms with Crippen LogP contribution >= 0.6 is 0 Å². The van der Waals surface area contributed by atoms with Gasteiger partial charge in [0.1, 0.15) is 23.1 Å². The zero-order valence-corrected chi connectivity index (χ0v) is 14.5. The number of anilines is 1. The molecule has 27 heavy (non-hydrogen) atoms. The van der Waals surface area contributed by atoms with Gasteiger partial charge < -0.3 is 9.15 Å². The highest BCUT2D eigenvalue weighted by atomic mass is 19.4. The number of nitrogens with zero attached hydrogens (tertiary/aromatic N) is 2. The van der Waals surface area contributed by atoms with E-state index in [0.717, 1.165) is 6.07 Å². The fourth-order valence-electron chi connectivity index (χ4n) is 2.16. The summed E-state index contributed by atoms with van der Waals surface area (Å²) < 4.78 is 47.8. The summed E-state index contributed by atoms with van der Waals surface area (Å²) in [5.74, 6) is -1.39. The highest BCUT2D eigenvalue weighted by molar-refractivity contribution is 5.96. The number of carbonyl (C=O) groups is 2. The summed E-state index contributed by atoms with van der Waals surface area (Å²) in [6.07, 6.45) is -4.63. The predicted octanol–water partition coefficient (Wildman–Crippen LogP) is 3.29. The number of nitriles is 1. The molecule has 0 unspecified atom stereocenters. The third kappa shape index (κ3) is 4.44. The number of carbonyl (C=O) groups excluding carboxylic acids is 2. The Hall–Kier alpha value is -3.35. The van der Waals surface area contributed by atoms with E-state index < -0.39 is 30.4 Å². The van der Waals surface area contributed by atoms with Gasteiger partial charge in [-0.2, -0.15) is 18.4 Å². The molecule has 2 aromatic heterocycles. The molecule has 0 atom stereocenters. The Morgan fingerprint density at radius 3 is 2.52 bits per heavy atom. The van der Waals surface area contributed by atoms with Crippen molar-refractivity contribution in [2.75, 3.05) is 11.9 Å². The van der Waals surface area contributed by atoms with E-state index in [2.05, 4.69) is 10.3 Å². The summed E-state index contributed by atoms with van der Waals surface area (Å²) in [4.78, 5) is 27.2. The van der Waals surface area contributed by atoms with Crippen LogP contribution in [0.5, 0.6) is 0 Å². The van der Waals surface area contributed by atoms with Gasteiger partial charge in [-0.3, -0.25) is 10.1 Å². The summed E-state index contributed by atoms with van der Waals surface area (Å²) in [6, 6.07) is 3.47. The lowest BCUT2D eigenvalue weighted by atomic mass is 10.2. The second kappa shape index (κ2) is 7.49. The van der Waals surface area contributed by atoms with Crippen LogP contribution in [0.3, 0.4) is 0 Å². The minimum absolute atomic E-state index is 0.0686. The fourth-order valence-corrected chi connectivity index (χ4v) is 2.16. The van der Waals surface area contributed by atoms with E-state index in [4.69, 9.17) is 14.4 Å². The summed E-state index contributed by atoms with van der Waals surface area (Å²) in [5, 5.41) is 11.4. The van der Waals surface area contributed by atoms with Crippen LogP contribution in [0.1, 0.15) is 38.6 Å². The third-order valence-corrected chi connectivity index (χ3v) is 3.68. The van der Waals surface area contributed by atoms with Crippen molar-refractivity contribution >= 4 is 17.8 Å². The van der Waals surface area contributed by atoms with E-state index in [9.17, 15) is 22.8 Å². The molecular formula is C17H14F3N3O4. The number of halogens is 3.